The molecule has 3 heteroatoms. The van der Waals surface area contributed by atoms with Gasteiger partial charge in [0, 0.05) is 21.9 Å². The van der Waals surface area contributed by atoms with E-state index in [1.165, 1.54) is 15.3 Å². The Kier molecular flexibility index (Phi) is 3.27. The van der Waals surface area contributed by atoms with E-state index >= 15 is 0 Å². The quantitative estimate of drug-likeness (QED) is 0.883. The van der Waals surface area contributed by atoms with Crippen LogP contribution in [0.4, 0.5) is 0 Å². The van der Waals surface area contributed by atoms with Gasteiger partial charge in [0.05, 0.1) is 7.11 Å². The maximum absolute atomic E-state index is 5.70. The molecule has 16 heavy (non-hydrogen) atoms. The van der Waals surface area contributed by atoms with Crippen molar-refractivity contribution >= 4 is 11.3 Å². The van der Waals surface area contributed by atoms with E-state index in [9.17, 15) is 0 Å². The number of ether oxygens (including phenoxy) is 1. The summed E-state index contributed by atoms with van der Waals surface area (Å²) in [5, 5.41) is 0. The Morgan fingerprint density at radius 2 is 2.06 bits per heavy atom. The summed E-state index contributed by atoms with van der Waals surface area (Å²) in [5.41, 5.74) is 7.96. The smallest absolute Gasteiger partial charge is 0.123 e. The van der Waals surface area contributed by atoms with Crippen LogP contribution in [0.1, 0.15) is 10.4 Å². The van der Waals surface area contributed by atoms with Gasteiger partial charge in [-0.05, 0) is 42.8 Å². The molecule has 2 N–H and O–H groups in total. The van der Waals surface area contributed by atoms with Crippen LogP contribution in [0.15, 0.2) is 30.3 Å². The van der Waals surface area contributed by atoms with Crippen molar-refractivity contribution in [3.63, 3.8) is 0 Å². The van der Waals surface area contributed by atoms with Crippen molar-refractivity contribution in [2.75, 3.05) is 7.11 Å². The van der Waals surface area contributed by atoms with Gasteiger partial charge < -0.3 is 10.5 Å². The molecule has 0 radical (unpaired) electrons. The SMILES string of the molecule is COc1ccc(-c2ccc(C)s2)cc1CN. The molecule has 0 saturated carbocycles. The third-order valence-corrected chi connectivity index (χ3v) is 3.57. The number of hydrogen-bond donors (Lipinski definition) is 1. The molecule has 1 heterocycles. The predicted molar refractivity (Wildman–Crippen MR) is 68.9 cm³/mol. The lowest BCUT2D eigenvalue weighted by Gasteiger charge is -2.08. The molecule has 1 aromatic carbocycles. The van der Waals surface area contributed by atoms with Crippen LogP contribution in [-0.2, 0) is 6.54 Å². The normalized spacial score (nSPS) is 10.4. The minimum absolute atomic E-state index is 0.501. The average molecular weight is 233 g/mol. The molecule has 0 amide bonds. The van der Waals surface area contributed by atoms with Gasteiger partial charge in [0.15, 0.2) is 0 Å². The van der Waals surface area contributed by atoms with Gasteiger partial charge in [0.25, 0.3) is 0 Å². The third kappa shape index (κ3) is 2.10. The second kappa shape index (κ2) is 4.68. The summed E-state index contributed by atoms with van der Waals surface area (Å²) in [6.07, 6.45) is 0. The third-order valence-electron chi connectivity index (χ3n) is 2.53. The fourth-order valence-electron chi connectivity index (χ4n) is 1.68. The van der Waals surface area contributed by atoms with Gasteiger partial charge in [-0.3, -0.25) is 0 Å². The standard InChI is InChI=1S/C13H15NOS/c1-9-3-6-13(16-9)10-4-5-12(15-2)11(7-10)8-14/h3-7H,8,14H2,1-2H3. The van der Waals surface area contributed by atoms with Crippen molar-refractivity contribution in [2.45, 2.75) is 13.5 Å². The molecule has 0 bridgehead atoms. The first-order valence-electron chi connectivity index (χ1n) is 5.18. The molecule has 0 aliphatic rings. The van der Waals surface area contributed by atoms with Gasteiger partial charge in [-0.25, -0.2) is 0 Å². The van der Waals surface area contributed by atoms with Gasteiger partial charge in [-0.2, -0.15) is 0 Å². The Morgan fingerprint density at radius 3 is 2.62 bits per heavy atom. The van der Waals surface area contributed by atoms with Gasteiger partial charge in [-0.15, -0.1) is 11.3 Å². The Morgan fingerprint density at radius 1 is 1.25 bits per heavy atom. The summed E-state index contributed by atoms with van der Waals surface area (Å²) in [7, 11) is 1.67. The number of thiophene rings is 1. The molecule has 2 aromatic rings. The van der Waals surface area contributed by atoms with Gasteiger partial charge in [-0.1, -0.05) is 0 Å². The molecule has 2 nitrogen and oxygen atoms in total. The van der Waals surface area contributed by atoms with Crippen molar-refractivity contribution in [2.24, 2.45) is 5.73 Å². The van der Waals surface area contributed by atoms with E-state index < -0.39 is 0 Å². The molecule has 84 valence electrons. The number of nitrogens with two attached hydrogens (primary N) is 1. The molecule has 0 unspecified atom stereocenters. The van der Waals surface area contributed by atoms with Crippen LogP contribution in [0.3, 0.4) is 0 Å². The van der Waals surface area contributed by atoms with Crippen LogP contribution in [0, 0.1) is 6.92 Å². The van der Waals surface area contributed by atoms with Crippen LogP contribution in [-0.4, -0.2) is 7.11 Å². The maximum atomic E-state index is 5.70. The van der Waals surface area contributed by atoms with Crippen LogP contribution in [0.5, 0.6) is 5.75 Å². The van der Waals surface area contributed by atoms with Crippen molar-refractivity contribution < 1.29 is 4.74 Å². The van der Waals surface area contributed by atoms with Crippen LogP contribution in [0.2, 0.25) is 0 Å². The van der Waals surface area contributed by atoms with E-state index in [-0.39, 0.29) is 0 Å². The van der Waals surface area contributed by atoms with E-state index in [0.29, 0.717) is 6.54 Å². The van der Waals surface area contributed by atoms with Crippen molar-refractivity contribution in [1.82, 2.24) is 0 Å². The number of benzene rings is 1. The second-order valence-corrected chi connectivity index (χ2v) is 4.93. The Labute approximate surface area is 99.7 Å². The molecular formula is C13H15NOS. The van der Waals surface area contributed by atoms with Crippen molar-refractivity contribution in [3.8, 4) is 16.2 Å². The molecule has 0 spiro atoms. The first-order chi connectivity index (χ1) is 7.74. The lowest BCUT2D eigenvalue weighted by molar-refractivity contribution is 0.410. The zero-order valence-electron chi connectivity index (χ0n) is 9.49. The van der Waals surface area contributed by atoms with Crippen LogP contribution >= 0.6 is 11.3 Å². The molecule has 0 atom stereocenters. The predicted octanol–water partition coefficient (Wildman–Crippen LogP) is 3.19. The first-order valence-corrected chi connectivity index (χ1v) is 6.00. The Hall–Kier alpha value is -1.32. The fraction of sp³-hybridized carbons (Fsp3) is 0.231. The number of aryl methyl sites for hydroxylation is 1. The Bertz CT molecular complexity index is 490. The maximum Gasteiger partial charge on any atom is 0.123 e. The molecule has 2 rings (SSSR count). The minimum Gasteiger partial charge on any atom is -0.496 e. The highest BCUT2D eigenvalue weighted by atomic mass is 32.1. The van der Waals surface area contributed by atoms with Gasteiger partial charge in [0.1, 0.15) is 5.75 Å². The lowest BCUT2D eigenvalue weighted by Crippen LogP contribution is -1.99. The summed E-state index contributed by atoms with van der Waals surface area (Å²) >= 11 is 1.79. The monoisotopic (exact) mass is 233 g/mol. The molecule has 0 saturated heterocycles. The topological polar surface area (TPSA) is 35.2 Å². The highest BCUT2D eigenvalue weighted by molar-refractivity contribution is 7.15. The first kappa shape index (κ1) is 11.2. The zero-order chi connectivity index (χ0) is 11.5. The highest BCUT2D eigenvalue weighted by Gasteiger charge is 2.05. The molecule has 1 aromatic heterocycles. The lowest BCUT2D eigenvalue weighted by atomic mass is 10.1. The summed E-state index contributed by atoms with van der Waals surface area (Å²) in [5.74, 6) is 0.861. The highest BCUT2D eigenvalue weighted by Crippen LogP contribution is 2.31. The number of methoxy groups -OCH3 is 1. The van der Waals surface area contributed by atoms with E-state index in [0.717, 1.165) is 11.3 Å². The van der Waals surface area contributed by atoms with E-state index in [4.69, 9.17) is 10.5 Å². The largest absolute Gasteiger partial charge is 0.496 e. The summed E-state index contributed by atoms with van der Waals surface area (Å²) in [6.45, 7) is 2.61. The van der Waals surface area contributed by atoms with Gasteiger partial charge in [0.2, 0.25) is 0 Å². The summed E-state index contributed by atoms with van der Waals surface area (Å²) in [4.78, 5) is 2.59. The van der Waals surface area contributed by atoms with Gasteiger partial charge >= 0.3 is 0 Å². The second-order valence-electron chi connectivity index (χ2n) is 3.64. The van der Waals surface area contributed by atoms with E-state index in [2.05, 4.69) is 31.2 Å². The summed E-state index contributed by atoms with van der Waals surface area (Å²) < 4.78 is 5.26. The minimum atomic E-state index is 0.501. The number of hydrogen-bond acceptors (Lipinski definition) is 3. The molecule has 0 aliphatic carbocycles. The van der Waals surface area contributed by atoms with Crippen molar-refractivity contribution in [3.05, 3.63) is 40.8 Å². The van der Waals surface area contributed by atoms with E-state index in [1.54, 1.807) is 18.4 Å². The van der Waals surface area contributed by atoms with E-state index in [1.807, 2.05) is 6.07 Å². The fourth-order valence-corrected chi connectivity index (χ4v) is 2.54. The molecule has 0 fully saturated rings. The Balaban J connectivity index is 2.43. The van der Waals surface area contributed by atoms with Crippen molar-refractivity contribution in [1.29, 1.82) is 0 Å². The zero-order valence-corrected chi connectivity index (χ0v) is 10.3. The molecular weight excluding hydrogens is 218 g/mol. The summed E-state index contributed by atoms with van der Waals surface area (Å²) in [6, 6.07) is 10.4. The average Bonchev–Trinajstić information content (AvgIpc) is 2.75. The number of rotatable bonds is 3. The van der Waals surface area contributed by atoms with Crippen LogP contribution in [0.25, 0.3) is 10.4 Å². The molecule has 0 aliphatic heterocycles. The van der Waals surface area contributed by atoms with Crippen LogP contribution < -0.4 is 10.5 Å².